The Morgan fingerprint density at radius 3 is 2.38 bits per heavy atom. The van der Waals surface area contributed by atoms with E-state index in [-0.39, 0.29) is 5.91 Å². The molecule has 1 amide bonds. The van der Waals surface area contributed by atoms with Gasteiger partial charge in [-0.3, -0.25) is 4.79 Å². The van der Waals surface area contributed by atoms with Crippen LogP contribution in [-0.4, -0.2) is 37.4 Å². The van der Waals surface area contributed by atoms with Gasteiger partial charge in [-0.1, -0.05) is 5.16 Å². The van der Waals surface area contributed by atoms with E-state index in [4.69, 9.17) is 18.7 Å². The first-order valence-electron chi connectivity index (χ1n) is 7.57. The van der Waals surface area contributed by atoms with Crippen LogP contribution in [0.1, 0.15) is 16.2 Å². The van der Waals surface area contributed by atoms with Crippen molar-refractivity contribution in [3.8, 4) is 28.0 Å². The minimum Gasteiger partial charge on any atom is -0.493 e. The number of hydrogen-bond donors (Lipinski definition) is 1. The number of aromatic nitrogens is 2. The zero-order valence-corrected chi connectivity index (χ0v) is 15.5. The van der Waals surface area contributed by atoms with Crippen molar-refractivity contribution in [3.05, 3.63) is 35.0 Å². The van der Waals surface area contributed by atoms with E-state index in [0.717, 1.165) is 0 Å². The number of methoxy groups -OCH3 is 3. The van der Waals surface area contributed by atoms with Crippen LogP contribution in [0.15, 0.2) is 28.1 Å². The third-order valence-electron chi connectivity index (χ3n) is 3.56. The molecule has 0 bridgehead atoms. The van der Waals surface area contributed by atoms with Gasteiger partial charge in [-0.2, -0.15) is 4.98 Å². The lowest BCUT2D eigenvalue weighted by Crippen LogP contribution is -2.12. The SMILES string of the molecule is COc1cc(C(=O)Nc2ccsc2-c2nc(C)no2)cc(OC)c1OC. The van der Waals surface area contributed by atoms with Crippen molar-refractivity contribution >= 4 is 22.9 Å². The molecule has 0 radical (unpaired) electrons. The number of carbonyl (C=O) groups excluding carboxylic acids is 1. The number of nitrogens with zero attached hydrogens (tertiary/aromatic N) is 2. The standard InChI is InChI=1S/C17H17N3O5S/c1-9-18-17(25-20-9)15-11(5-6-26-15)19-16(21)10-7-12(22-2)14(24-4)13(8-10)23-3/h5-8H,1-4H3,(H,19,21). The Morgan fingerprint density at radius 2 is 1.85 bits per heavy atom. The van der Waals surface area contributed by atoms with Crippen LogP contribution in [0.4, 0.5) is 5.69 Å². The fourth-order valence-corrected chi connectivity index (χ4v) is 3.14. The molecule has 3 rings (SSSR count). The van der Waals surface area contributed by atoms with Gasteiger partial charge >= 0.3 is 0 Å². The second kappa shape index (κ2) is 7.44. The molecule has 1 N–H and O–H groups in total. The summed E-state index contributed by atoms with van der Waals surface area (Å²) in [5.41, 5.74) is 0.941. The number of rotatable bonds is 6. The number of nitrogens with one attached hydrogen (secondary N) is 1. The minimum absolute atomic E-state index is 0.333. The summed E-state index contributed by atoms with van der Waals surface area (Å²) in [6, 6.07) is 4.94. The molecule has 3 aromatic rings. The maximum atomic E-state index is 12.7. The molecule has 0 saturated heterocycles. The quantitative estimate of drug-likeness (QED) is 0.705. The highest BCUT2D eigenvalue weighted by atomic mass is 32.1. The number of ether oxygens (including phenoxy) is 3. The van der Waals surface area contributed by atoms with Crippen molar-refractivity contribution in [1.82, 2.24) is 10.1 Å². The predicted octanol–water partition coefficient (Wildman–Crippen LogP) is 3.38. The van der Waals surface area contributed by atoms with Crippen molar-refractivity contribution in [2.75, 3.05) is 26.6 Å². The van der Waals surface area contributed by atoms with E-state index in [9.17, 15) is 4.79 Å². The highest BCUT2D eigenvalue weighted by Gasteiger charge is 2.20. The zero-order chi connectivity index (χ0) is 18.7. The topological polar surface area (TPSA) is 95.7 Å². The molecule has 136 valence electrons. The van der Waals surface area contributed by atoms with Gasteiger partial charge in [0, 0.05) is 5.56 Å². The monoisotopic (exact) mass is 375 g/mol. The number of benzene rings is 1. The van der Waals surface area contributed by atoms with Gasteiger partial charge in [0.05, 0.1) is 27.0 Å². The van der Waals surface area contributed by atoms with Gasteiger partial charge < -0.3 is 24.1 Å². The number of amides is 1. The van der Waals surface area contributed by atoms with E-state index in [1.807, 2.05) is 5.38 Å². The molecule has 0 atom stereocenters. The Hall–Kier alpha value is -3.07. The van der Waals surface area contributed by atoms with Gasteiger partial charge in [-0.05, 0) is 30.5 Å². The van der Waals surface area contributed by atoms with E-state index in [0.29, 0.717) is 45.1 Å². The molecule has 0 aliphatic rings. The van der Waals surface area contributed by atoms with E-state index >= 15 is 0 Å². The van der Waals surface area contributed by atoms with E-state index in [2.05, 4.69) is 15.5 Å². The fourth-order valence-electron chi connectivity index (χ4n) is 2.37. The summed E-state index contributed by atoms with van der Waals surface area (Å²) in [6.07, 6.45) is 0. The van der Waals surface area contributed by atoms with E-state index in [1.165, 1.54) is 32.7 Å². The Balaban J connectivity index is 1.91. The molecule has 8 nitrogen and oxygen atoms in total. The molecule has 2 aromatic heterocycles. The summed E-state index contributed by atoms with van der Waals surface area (Å²) in [5.74, 6) is 1.77. The van der Waals surface area contributed by atoms with E-state index in [1.54, 1.807) is 25.1 Å². The Labute approximate surface area is 153 Å². The third kappa shape index (κ3) is 3.33. The van der Waals surface area contributed by atoms with Gasteiger partial charge in [-0.25, -0.2) is 0 Å². The van der Waals surface area contributed by atoms with Crippen molar-refractivity contribution in [2.24, 2.45) is 0 Å². The van der Waals surface area contributed by atoms with Crippen molar-refractivity contribution < 1.29 is 23.5 Å². The van der Waals surface area contributed by atoms with Crippen LogP contribution in [-0.2, 0) is 0 Å². The Kier molecular flexibility index (Phi) is 5.08. The normalized spacial score (nSPS) is 10.5. The molecule has 9 heteroatoms. The van der Waals surface area contributed by atoms with Crippen molar-refractivity contribution in [3.63, 3.8) is 0 Å². The van der Waals surface area contributed by atoms with Gasteiger partial charge in [0.25, 0.3) is 11.8 Å². The predicted molar refractivity (Wildman–Crippen MR) is 96.4 cm³/mol. The highest BCUT2D eigenvalue weighted by molar-refractivity contribution is 7.14. The van der Waals surface area contributed by atoms with Crippen molar-refractivity contribution in [1.29, 1.82) is 0 Å². The van der Waals surface area contributed by atoms with Gasteiger partial charge in [-0.15, -0.1) is 11.3 Å². The average Bonchev–Trinajstić information content (AvgIpc) is 3.28. The van der Waals surface area contributed by atoms with Crippen LogP contribution in [0.2, 0.25) is 0 Å². The summed E-state index contributed by atoms with van der Waals surface area (Å²) in [5, 5.41) is 8.46. The van der Waals surface area contributed by atoms with Crippen LogP contribution in [0, 0.1) is 6.92 Å². The molecule has 1 aromatic carbocycles. The van der Waals surface area contributed by atoms with Crippen LogP contribution in [0.3, 0.4) is 0 Å². The molecule has 0 saturated carbocycles. The van der Waals surface area contributed by atoms with E-state index < -0.39 is 0 Å². The second-order valence-corrected chi connectivity index (χ2v) is 6.09. The van der Waals surface area contributed by atoms with Crippen molar-refractivity contribution in [2.45, 2.75) is 6.92 Å². The molecule has 0 unspecified atom stereocenters. The van der Waals surface area contributed by atoms with Gasteiger partial charge in [0.2, 0.25) is 5.75 Å². The summed E-state index contributed by atoms with van der Waals surface area (Å²) in [6.45, 7) is 1.73. The number of anilines is 1. The van der Waals surface area contributed by atoms with Crippen LogP contribution < -0.4 is 19.5 Å². The number of hydrogen-bond acceptors (Lipinski definition) is 8. The zero-order valence-electron chi connectivity index (χ0n) is 14.7. The molecule has 0 aliphatic carbocycles. The molecule has 2 heterocycles. The first-order chi connectivity index (χ1) is 12.6. The molecule has 0 spiro atoms. The minimum atomic E-state index is -0.333. The molecular weight excluding hydrogens is 358 g/mol. The maximum Gasteiger partial charge on any atom is 0.270 e. The van der Waals surface area contributed by atoms with Crippen LogP contribution in [0.5, 0.6) is 17.2 Å². The lowest BCUT2D eigenvalue weighted by Gasteiger charge is -2.14. The Bertz CT molecular complexity index is 909. The summed E-state index contributed by atoms with van der Waals surface area (Å²) in [7, 11) is 4.49. The fraction of sp³-hybridized carbons (Fsp3) is 0.235. The molecule has 0 aliphatic heterocycles. The smallest absolute Gasteiger partial charge is 0.270 e. The first-order valence-corrected chi connectivity index (χ1v) is 8.44. The third-order valence-corrected chi connectivity index (χ3v) is 4.46. The molecule has 26 heavy (non-hydrogen) atoms. The van der Waals surface area contributed by atoms with Crippen LogP contribution in [0.25, 0.3) is 10.8 Å². The number of carbonyl (C=O) groups is 1. The first kappa shape index (κ1) is 17.7. The Morgan fingerprint density at radius 1 is 1.15 bits per heavy atom. The highest BCUT2D eigenvalue weighted by Crippen LogP contribution is 2.39. The average molecular weight is 375 g/mol. The summed E-state index contributed by atoms with van der Waals surface area (Å²) >= 11 is 1.39. The lowest BCUT2D eigenvalue weighted by molar-refractivity contribution is 0.102. The van der Waals surface area contributed by atoms with Crippen LogP contribution >= 0.6 is 11.3 Å². The molecule has 0 fully saturated rings. The number of aryl methyl sites for hydroxylation is 1. The summed E-state index contributed by atoms with van der Waals surface area (Å²) in [4.78, 5) is 17.6. The number of thiophene rings is 1. The lowest BCUT2D eigenvalue weighted by atomic mass is 10.1. The molecular formula is C17H17N3O5S. The second-order valence-electron chi connectivity index (χ2n) is 5.18. The largest absolute Gasteiger partial charge is 0.493 e. The van der Waals surface area contributed by atoms with Gasteiger partial charge in [0.1, 0.15) is 4.88 Å². The maximum absolute atomic E-state index is 12.7. The summed E-state index contributed by atoms with van der Waals surface area (Å²) < 4.78 is 21.0. The van der Waals surface area contributed by atoms with Gasteiger partial charge in [0.15, 0.2) is 17.3 Å².